The molecule has 1 fully saturated rings. The summed E-state index contributed by atoms with van der Waals surface area (Å²) in [4.78, 5) is 0. The monoisotopic (exact) mass is 393 g/mol. The smallest absolute Gasteiger partial charge is 0.190 e. The molecule has 1 unspecified atom stereocenters. The Kier molecular flexibility index (Phi) is 7.69. The molecule has 1 atom stereocenters. The second-order valence-corrected chi connectivity index (χ2v) is 6.58. The van der Waals surface area contributed by atoms with Gasteiger partial charge in [-0.25, -0.2) is 8.78 Å². The zero-order valence-electron chi connectivity index (χ0n) is 12.9. The number of hydrogen-bond donors (Lipinski definition) is 2. The van der Waals surface area contributed by atoms with Gasteiger partial charge in [0.2, 0.25) is 0 Å². The Bertz CT molecular complexity index is 475. The molecule has 0 aromatic heterocycles. The number of nitrogens with one attached hydrogen (secondary N) is 1. The summed E-state index contributed by atoms with van der Waals surface area (Å²) in [6.45, 7) is 0.809. The van der Waals surface area contributed by atoms with E-state index in [0.717, 1.165) is 25.0 Å². The van der Waals surface area contributed by atoms with Crippen LogP contribution in [0.5, 0.6) is 5.75 Å². The van der Waals surface area contributed by atoms with Crippen molar-refractivity contribution in [2.24, 2.45) is 0 Å². The molecule has 0 bridgehead atoms. The number of aliphatic hydroxyl groups excluding tert-OH is 1. The molecule has 1 aromatic rings. The number of ether oxygens (including phenoxy) is 2. The predicted octanol–water partition coefficient (Wildman–Crippen LogP) is 3.02. The van der Waals surface area contributed by atoms with Gasteiger partial charge in [0.05, 0.1) is 19.3 Å². The second kappa shape index (κ2) is 9.52. The first-order valence-electron chi connectivity index (χ1n) is 7.83. The third-order valence-electron chi connectivity index (χ3n) is 3.74. The van der Waals surface area contributed by atoms with Gasteiger partial charge in [-0.1, -0.05) is 28.8 Å². The van der Waals surface area contributed by atoms with Crippen LogP contribution in [-0.4, -0.2) is 43.6 Å². The summed E-state index contributed by atoms with van der Waals surface area (Å²) in [6.07, 6.45) is 4.20. The summed E-state index contributed by atoms with van der Waals surface area (Å²) in [5.41, 5.74) is 0. The molecule has 2 rings (SSSR count). The fourth-order valence-corrected chi connectivity index (χ4v) is 2.98. The summed E-state index contributed by atoms with van der Waals surface area (Å²) in [5.74, 6) is -1.95. The molecule has 2 N–H and O–H groups in total. The first-order chi connectivity index (χ1) is 11.1. The number of halogens is 3. The minimum Gasteiger partial charge on any atom is -0.485 e. The van der Waals surface area contributed by atoms with Gasteiger partial charge in [0.15, 0.2) is 17.4 Å². The van der Waals surface area contributed by atoms with Gasteiger partial charge < -0.3 is 19.9 Å². The van der Waals surface area contributed by atoms with E-state index < -0.39 is 23.5 Å². The number of rotatable bonds is 9. The highest BCUT2D eigenvalue weighted by atomic mass is 79.9. The van der Waals surface area contributed by atoms with Crippen LogP contribution in [0.25, 0.3) is 0 Å². The first-order valence-corrected chi connectivity index (χ1v) is 8.62. The van der Waals surface area contributed by atoms with Gasteiger partial charge in [-0.05, 0) is 25.0 Å². The third kappa shape index (κ3) is 6.33. The Hall–Kier alpha value is -0.760. The van der Waals surface area contributed by atoms with Crippen molar-refractivity contribution in [1.29, 1.82) is 0 Å². The maximum Gasteiger partial charge on any atom is 0.190 e. The molecular formula is C16H22BrF2NO3. The summed E-state index contributed by atoms with van der Waals surface area (Å²) in [6, 6.07) is 2.77. The van der Waals surface area contributed by atoms with Crippen molar-refractivity contribution in [3.63, 3.8) is 0 Å². The van der Waals surface area contributed by atoms with E-state index in [0.29, 0.717) is 17.1 Å². The highest BCUT2D eigenvalue weighted by Crippen LogP contribution is 2.25. The highest BCUT2D eigenvalue weighted by molar-refractivity contribution is 9.10. The van der Waals surface area contributed by atoms with Crippen LogP contribution in [0.15, 0.2) is 16.6 Å². The van der Waals surface area contributed by atoms with Crippen LogP contribution < -0.4 is 10.1 Å². The summed E-state index contributed by atoms with van der Waals surface area (Å²) >= 11 is 3.00. The van der Waals surface area contributed by atoms with Gasteiger partial charge in [0, 0.05) is 17.1 Å². The lowest BCUT2D eigenvalue weighted by atomic mass is 10.2. The molecule has 130 valence electrons. The average Bonchev–Trinajstić information content (AvgIpc) is 3.00. The van der Waals surface area contributed by atoms with Gasteiger partial charge in [-0.15, -0.1) is 0 Å². The molecule has 1 saturated carbocycles. The molecule has 0 amide bonds. The molecule has 0 heterocycles. The van der Waals surface area contributed by atoms with E-state index in [1.54, 1.807) is 0 Å². The number of benzene rings is 1. The van der Waals surface area contributed by atoms with Crippen LogP contribution >= 0.6 is 15.9 Å². The van der Waals surface area contributed by atoms with E-state index in [-0.39, 0.29) is 19.8 Å². The molecular weight excluding hydrogens is 372 g/mol. The largest absolute Gasteiger partial charge is 0.485 e. The number of hydrogen-bond acceptors (Lipinski definition) is 4. The fraction of sp³-hybridized carbons (Fsp3) is 0.625. The quantitative estimate of drug-likeness (QED) is 0.633. The Morgan fingerprint density at radius 1 is 1.22 bits per heavy atom. The van der Waals surface area contributed by atoms with Gasteiger partial charge in [-0.2, -0.15) is 0 Å². The van der Waals surface area contributed by atoms with Crippen molar-refractivity contribution < 1.29 is 23.4 Å². The van der Waals surface area contributed by atoms with Crippen LogP contribution in [-0.2, 0) is 4.74 Å². The maximum absolute atomic E-state index is 13.5. The lowest BCUT2D eigenvalue weighted by molar-refractivity contribution is 0.0232. The predicted molar refractivity (Wildman–Crippen MR) is 86.6 cm³/mol. The summed E-state index contributed by atoms with van der Waals surface area (Å²) < 4.78 is 37.7. The van der Waals surface area contributed by atoms with Crippen molar-refractivity contribution in [3.05, 3.63) is 28.2 Å². The lowest BCUT2D eigenvalue weighted by Crippen LogP contribution is -2.36. The van der Waals surface area contributed by atoms with Gasteiger partial charge in [0.25, 0.3) is 0 Å². The fourth-order valence-electron chi connectivity index (χ4n) is 2.58. The molecule has 1 aliphatic carbocycles. The molecule has 0 spiro atoms. The van der Waals surface area contributed by atoms with E-state index in [9.17, 15) is 13.9 Å². The van der Waals surface area contributed by atoms with Crippen LogP contribution in [0.2, 0.25) is 0 Å². The molecule has 1 aliphatic rings. The number of aliphatic hydroxyl groups is 1. The van der Waals surface area contributed by atoms with Crippen LogP contribution in [0, 0.1) is 11.6 Å². The normalized spacial score (nSPS) is 16.7. The Morgan fingerprint density at radius 3 is 2.52 bits per heavy atom. The minimum atomic E-state index is -0.766. The lowest BCUT2D eigenvalue weighted by Gasteiger charge is -2.16. The zero-order valence-corrected chi connectivity index (χ0v) is 14.4. The average molecular weight is 394 g/mol. The van der Waals surface area contributed by atoms with E-state index in [4.69, 9.17) is 9.47 Å². The minimum absolute atomic E-state index is 0.0121. The molecule has 4 nitrogen and oxygen atoms in total. The Balaban J connectivity index is 1.58. The zero-order chi connectivity index (χ0) is 16.7. The van der Waals surface area contributed by atoms with Gasteiger partial charge in [0.1, 0.15) is 6.61 Å². The molecule has 0 aliphatic heterocycles. The molecule has 0 radical (unpaired) electrons. The van der Waals surface area contributed by atoms with Crippen molar-refractivity contribution in [2.75, 3.05) is 26.4 Å². The van der Waals surface area contributed by atoms with Crippen molar-refractivity contribution >= 4 is 15.9 Å². The van der Waals surface area contributed by atoms with E-state index in [1.165, 1.54) is 12.8 Å². The molecule has 1 aromatic carbocycles. The van der Waals surface area contributed by atoms with Crippen molar-refractivity contribution in [2.45, 2.75) is 37.8 Å². The summed E-state index contributed by atoms with van der Waals surface area (Å²) in [5, 5.41) is 13.1. The van der Waals surface area contributed by atoms with Crippen LogP contribution in [0.4, 0.5) is 8.78 Å². The topological polar surface area (TPSA) is 50.7 Å². The van der Waals surface area contributed by atoms with E-state index in [1.807, 2.05) is 0 Å². The Labute approximate surface area is 143 Å². The van der Waals surface area contributed by atoms with Crippen LogP contribution in [0.3, 0.4) is 0 Å². The maximum atomic E-state index is 13.5. The van der Waals surface area contributed by atoms with Crippen LogP contribution in [0.1, 0.15) is 25.7 Å². The Morgan fingerprint density at radius 2 is 1.87 bits per heavy atom. The third-order valence-corrected chi connectivity index (χ3v) is 4.20. The van der Waals surface area contributed by atoms with E-state index >= 15 is 0 Å². The summed E-state index contributed by atoms with van der Waals surface area (Å²) in [7, 11) is 0. The molecule has 7 heteroatoms. The van der Waals surface area contributed by atoms with Crippen molar-refractivity contribution in [1.82, 2.24) is 5.32 Å². The SMILES string of the molecule is OC(CNC1CCCC1)COCCOc1c(F)cc(Br)cc1F. The molecule has 23 heavy (non-hydrogen) atoms. The van der Waals surface area contributed by atoms with E-state index in [2.05, 4.69) is 21.2 Å². The van der Waals surface area contributed by atoms with Gasteiger partial charge >= 0.3 is 0 Å². The molecule has 0 saturated heterocycles. The first kappa shape index (κ1) is 18.6. The standard InChI is InChI=1S/C16H22BrF2NO3/c17-11-7-14(18)16(15(19)8-11)23-6-5-22-10-13(21)9-20-12-3-1-2-4-12/h7-8,12-13,20-21H,1-6,9-10H2. The van der Waals surface area contributed by atoms with Crippen molar-refractivity contribution in [3.8, 4) is 5.75 Å². The highest BCUT2D eigenvalue weighted by Gasteiger charge is 2.16. The second-order valence-electron chi connectivity index (χ2n) is 5.67. The van der Waals surface area contributed by atoms with Gasteiger partial charge in [-0.3, -0.25) is 0 Å².